The van der Waals surface area contributed by atoms with Gasteiger partial charge in [-0.2, -0.15) is 0 Å². The molecular formula is C15H12BClN2O3. The van der Waals surface area contributed by atoms with Crippen LogP contribution >= 0.6 is 11.6 Å². The Hall–Kier alpha value is -2.07. The van der Waals surface area contributed by atoms with E-state index >= 15 is 0 Å². The summed E-state index contributed by atoms with van der Waals surface area (Å²) in [6, 6.07) is 5.07. The Balaban J connectivity index is 1.97. The molecule has 0 unspecified atom stereocenters. The molecule has 2 heterocycles. The number of hydrogen-bond acceptors (Lipinski definition) is 4. The molecule has 0 aliphatic carbocycles. The van der Waals surface area contributed by atoms with E-state index in [1.165, 1.54) is 6.07 Å². The third-order valence-electron chi connectivity index (χ3n) is 3.66. The van der Waals surface area contributed by atoms with Gasteiger partial charge in [0.05, 0.1) is 18.2 Å². The minimum absolute atomic E-state index is 0.315. The van der Waals surface area contributed by atoms with Crippen molar-refractivity contribution >= 4 is 29.9 Å². The van der Waals surface area contributed by atoms with Gasteiger partial charge in [0.25, 0.3) is 0 Å². The van der Waals surface area contributed by atoms with Crippen molar-refractivity contribution < 1.29 is 14.4 Å². The van der Waals surface area contributed by atoms with Gasteiger partial charge in [-0.05, 0) is 36.5 Å². The fourth-order valence-corrected chi connectivity index (χ4v) is 2.71. The smallest absolute Gasteiger partial charge is 0.439 e. The highest BCUT2D eigenvalue weighted by atomic mass is 35.5. The highest BCUT2D eigenvalue weighted by molar-refractivity contribution is 6.61. The number of aryl methyl sites for hydroxylation is 1. The number of benzene rings is 1. The minimum atomic E-state index is -0.879. The zero-order valence-corrected chi connectivity index (χ0v) is 12.8. The Bertz CT molecular complexity index is 781. The average Bonchev–Trinajstić information content (AvgIpc) is 2.84. The summed E-state index contributed by atoms with van der Waals surface area (Å²) in [6.45, 7) is 11.0. The molecule has 2 aromatic rings. The quantitative estimate of drug-likeness (QED) is 0.684. The second-order valence-electron chi connectivity index (χ2n) is 5.01. The maximum atomic E-state index is 9.70. The number of fused-ring (bicyclic) bond motifs is 1. The fourth-order valence-electron chi connectivity index (χ4n) is 2.44. The van der Waals surface area contributed by atoms with Crippen molar-refractivity contribution in [2.75, 3.05) is 0 Å². The zero-order chi connectivity index (χ0) is 15.9. The van der Waals surface area contributed by atoms with E-state index in [1.54, 1.807) is 19.1 Å². The first-order chi connectivity index (χ1) is 10.5. The van der Waals surface area contributed by atoms with Crippen molar-refractivity contribution in [1.29, 1.82) is 0 Å². The van der Waals surface area contributed by atoms with Crippen LogP contribution in [0, 0.1) is 20.4 Å². The molecule has 5 nitrogen and oxygen atoms in total. The summed E-state index contributed by atoms with van der Waals surface area (Å²) in [5, 5.41) is 10.0. The van der Waals surface area contributed by atoms with Crippen LogP contribution in [0.3, 0.4) is 0 Å². The summed E-state index contributed by atoms with van der Waals surface area (Å²) in [5.74, 6) is 0.951. The van der Waals surface area contributed by atoms with Crippen molar-refractivity contribution in [2.24, 2.45) is 0 Å². The standard InChI is InChI=1S/C15H12BClN2O3/c1-8-10-7-21-16(20)11(10)4-5-13(8)22-14-6-12(17)15(18-3)9(2)19-14/h4-6,20H,7H2,1-2H3. The highest BCUT2D eigenvalue weighted by Crippen LogP contribution is 2.34. The van der Waals surface area contributed by atoms with Gasteiger partial charge in [0.1, 0.15) is 5.75 Å². The van der Waals surface area contributed by atoms with Crippen LogP contribution in [0.1, 0.15) is 16.8 Å². The highest BCUT2D eigenvalue weighted by Gasteiger charge is 2.29. The normalized spacial score (nSPS) is 13.0. The van der Waals surface area contributed by atoms with Crippen LogP contribution in [-0.4, -0.2) is 17.1 Å². The van der Waals surface area contributed by atoms with Gasteiger partial charge in [0.15, 0.2) is 0 Å². The lowest BCUT2D eigenvalue weighted by molar-refractivity contribution is 0.274. The largest absolute Gasteiger partial charge is 0.491 e. The molecule has 0 bridgehead atoms. The molecule has 22 heavy (non-hydrogen) atoms. The maximum Gasteiger partial charge on any atom is 0.491 e. The van der Waals surface area contributed by atoms with Crippen LogP contribution in [-0.2, 0) is 11.3 Å². The predicted molar refractivity (Wildman–Crippen MR) is 83.9 cm³/mol. The van der Waals surface area contributed by atoms with Crippen LogP contribution in [0.4, 0.5) is 5.69 Å². The molecule has 1 aromatic heterocycles. The van der Waals surface area contributed by atoms with Crippen molar-refractivity contribution in [1.82, 2.24) is 4.98 Å². The van der Waals surface area contributed by atoms with Crippen molar-refractivity contribution in [3.05, 3.63) is 51.5 Å². The number of ether oxygens (including phenoxy) is 1. The van der Waals surface area contributed by atoms with Gasteiger partial charge in [-0.1, -0.05) is 17.7 Å². The van der Waals surface area contributed by atoms with Crippen LogP contribution in [0.25, 0.3) is 4.85 Å². The van der Waals surface area contributed by atoms with Crippen LogP contribution in [0.15, 0.2) is 18.2 Å². The van der Waals surface area contributed by atoms with E-state index in [9.17, 15) is 5.02 Å². The van der Waals surface area contributed by atoms with Crippen LogP contribution < -0.4 is 10.2 Å². The Morgan fingerprint density at radius 1 is 1.45 bits per heavy atom. The zero-order valence-electron chi connectivity index (χ0n) is 12.1. The second kappa shape index (κ2) is 5.62. The molecule has 1 aliphatic rings. The Morgan fingerprint density at radius 3 is 2.91 bits per heavy atom. The van der Waals surface area contributed by atoms with E-state index in [-0.39, 0.29) is 0 Å². The monoisotopic (exact) mass is 314 g/mol. The number of aromatic nitrogens is 1. The summed E-state index contributed by atoms with van der Waals surface area (Å²) in [4.78, 5) is 7.60. The molecule has 0 amide bonds. The van der Waals surface area contributed by atoms with Crippen LogP contribution in [0.5, 0.6) is 11.6 Å². The van der Waals surface area contributed by atoms with E-state index < -0.39 is 7.12 Å². The molecule has 0 saturated carbocycles. The average molecular weight is 315 g/mol. The molecule has 110 valence electrons. The van der Waals surface area contributed by atoms with Crippen molar-refractivity contribution in [3.8, 4) is 11.6 Å². The van der Waals surface area contributed by atoms with Gasteiger partial charge in [0, 0.05) is 11.8 Å². The molecule has 7 heteroatoms. The summed E-state index contributed by atoms with van der Waals surface area (Å²) in [7, 11) is -0.879. The Kier molecular flexibility index (Phi) is 3.79. The van der Waals surface area contributed by atoms with Gasteiger partial charge >= 0.3 is 7.12 Å². The molecule has 0 fully saturated rings. The molecular weight excluding hydrogens is 302 g/mol. The summed E-state index contributed by atoms with van der Waals surface area (Å²) < 4.78 is 11.0. The van der Waals surface area contributed by atoms with E-state index in [4.69, 9.17) is 27.6 Å². The number of halogens is 1. The molecule has 0 spiro atoms. The third kappa shape index (κ3) is 2.44. The molecule has 0 radical (unpaired) electrons. The summed E-state index contributed by atoms with van der Waals surface area (Å²) in [5.41, 5.74) is 3.42. The Labute approximate surface area is 133 Å². The van der Waals surface area contributed by atoms with Gasteiger partial charge in [-0.25, -0.2) is 9.83 Å². The number of hydrogen-bond donors (Lipinski definition) is 1. The first kappa shape index (κ1) is 14.9. The molecule has 1 aliphatic heterocycles. The number of pyridine rings is 1. The fraction of sp³-hybridized carbons (Fsp3) is 0.200. The van der Waals surface area contributed by atoms with Gasteiger partial charge in [-0.3, -0.25) is 0 Å². The molecule has 0 atom stereocenters. The van der Waals surface area contributed by atoms with E-state index in [0.717, 1.165) is 16.6 Å². The van der Waals surface area contributed by atoms with Crippen LogP contribution in [0.2, 0.25) is 5.02 Å². The lowest BCUT2D eigenvalue weighted by Gasteiger charge is -2.12. The number of rotatable bonds is 2. The first-order valence-corrected chi connectivity index (χ1v) is 7.03. The number of nitrogens with zero attached hydrogens (tertiary/aromatic N) is 2. The minimum Gasteiger partial charge on any atom is -0.439 e. The summed E-state index contributed by atoms with van der Waals surface area (Å²) in [6.07, 6.45) is 0. The first-order valence-electron chi connectivity index (χ1n) is 6.65. The van der Waals surface area contributed by atoms with E-state index in [2.05, 4.69) is 9.83 Å². The van der Waals surface area contributed by atoms with Gasteiger partial charge < -0.3 is 14.4 Å². The molecule has 1 N–H and O–H groups in total. The maximum absolute atomic E-state index is 9.70. The molecule has 3 rings (SSSR count). The van der Waals surface area contributed by atoms with Crippen molar-refractivity contribution in [2.45, 2.75) is 20.5 Å². The van der Waals surface area contributed by atoms with Gasteiger partial charge in [0.2, 0.25) is 11.6 Å². The topological polar surface area (TPSA) is 55.9 Å². The van der Waals surface area contributed by atoms with E-state index in [1.807, 2.05) is 6.92 Å². The molecule has 1 aromatic carbocycles. The second-order valence-corrected chi connectivity index (χ2v) is 5.42. The lowest BCUT2D eigenvalue weighted by atomic mass is 9.78. The third-order valence-corrected chi connectivity index (χ3v) is 3.95. The van der Waals surface area contributed by atoms with Gasteiger partial charge in [-0.15, -0.1) is 0 Å². The van der Waals surface area contributed by atoms with Crippen molar-refractivity contribution in [3.63, 3.8) is 0 Å². The van der Waals surface area contributed by atoms with E-state index in [0.29, 0.717) is 34.6 Å². The lowest BCUT2D eigenvalue weighted by Crippen LogP contribution is -2.28. The Morgan fingerprint density at radius 2 is 2.23 bits per heavy atom. The predicted octanol–water partition coefficient (Wildman–Crippen LogP) is 2.91. The summed E-state index contributed by atoms with van der Waals surface area (Å²) >= 11 is 6.07. The molecule has 0 saturated heterocycles. The SMILES string of the molecule is [C-]#[N+]c1c(Cl)cc(Oc2ccc3c(c2C)COB3O)nc1C.